The zero-order valence-electron chi connectivity index (χ0n) is 12.8. The Morgan fingerprint density at radius 1 is 1.24 bits per heavy atom. The first kappa shape index (κ1) is 15.0. The molecule has 0 amide bonds. The van der Waals surface area contributed by atoms with Crippen molar-refractivity contribution in [3.63, 3.8) is 0 Å². The smallest absolute Gasteiger partial charge is 0.212 e. The summed E-state index contributed by atoms with van der Waals surface area (Å²) in [7, 11) is 1.60. The number of nitrogens with one attached hydrogen (secondary N) is 1. The normalized spacial score (nSPS) is 11.2. The minimum atomic E-state index is -0.145. The molecule has 0 spiro atoms. The Morgan fingerprint density at radius 2 is 2.00 bits per heavy atom. The van der Waals surface area contributed by atoms with Gasteiger partial charge in [-0.05, 0) is 5.56 Å². The molecule has 3 N–H and O–H groups in total. The number of pyridine rings is 1. The standard InChI is InChI=1S/C15H21N5O/c1-15(2,3)14-19-11(16)7-12(20-14)17-8-10-5-6-13(21-4)18-9-10/h5-7,9H,8H2,1-4H3,(H3,16,17,19,20). The second kappa shape index (κ2) is 5.95. The van der Waals surface area contributed by atoms with Crippen molar-refractivity contribution in [1.82, 2.24) is 15.0 Å². The van der Waals surface area contributed by atoms with Crippen LogP contribution < -0.4 is 15.8 Å². The maximum absolute atomic E-state index is 5.84. The molecular formula is C15H21N5O. The zero-order chi connectivity index (χ0) is 15.5. The maximum Gasteiger partial charge on any atom is 0.212 e. The van der Waals surface area contributed by atoms with Crippen LogP contribution in [0.5, 0.6) is 5.88 Å². The van der Waals surface area contributed by atoms with E-state index in [9.17, 15) is 0 Å². The monoisotopic (exact) mass is 287 g/mol. The van der Waals surface area contributed by atoms with Crippen molar-refractivity contribution in [2.75, 3.05) is 18.2 Å². The first-order chi connectivity index (χ1) is 9.88. The Morgan fingerprint density at radius 3 is 2.57 bits per heavy atom. The summed E-state index contributed by atoms with van der Waals surface area (Å²) in [6.07, 6.45) is 1.76. The molecule has 0 aliphatic rings. The van der Waals surface area contributed by atoms with E-state index >= 15 is 0 Å². The fourth-order valence-corrected chi connectivity index (χ4v) is 1.72. The fourth-order valence-electron chi connectivity index (χ4n) is 1.72. The third-order valence-corrected chi connectivity index (χ3v) is 2.90. The van der Waals surface area contributed by atoms with Crippen LogP contribution >= 0.6 is 0 Å². The van der Waals surface area contributed by atoms with Gasteiger partial charge in [-0.15, -0.1) is 0 Å². The van der Waals surface area contributed by atoms with Crippen LogP contribution in [-0.2, 0) is 12.0 Å². The highest BCUT2D eigenvalue weighted by Gasteiger charge is 2.18. The Hall–Kier alpha value is -2.37. The van der Waals surface area contributed by atoms with Crippen molar-refractivity contribution < 1.29 is 4.74 Å². The molecule has 6 nitrogen and oxygen atoms in total. The Balaban J connectivity index is 2.10. The summed E-state index contributed by atoms with van der Waals surface area (Å²) in [4.78, 5) is 13.0. The number of hydrogen-bond acceptors (Lipinski definition) is 6. The third-order valence-electron chi connectivity index (χ3n) is 2.90. The van der Waals surface area contributed by atoms with E-state index < -0.39 is 0 Å². The van der Waals surface area contributed by atoms with Gasteiger partial charge in [-0.2, -0.15) is 0 Å². The summed E-state index contributed by atoms with van der Waals surface area (Å²) in [5.74, 6) is 2.49. The van der Waals surface area contributed by atoms with Crippen LogP contribution in [0.1, 0.15) is 32.2 Å². The molecule has 0 saturated carbocycles. The summed E-state index contributed by atoms with van der Waals surface area (Å²) in [5, 5.41) is 3.24. The number of aromatic nitrogens is 3. The number of nitrogen functional groups attached to an aromatic ring is 1. The van der Waals surface area contributed by atoms with Crippen LogP contribution in [0.4, 0.5) is 11.6 Å². The van der Waals surface area contributed by atoms with Crippen molar-refractivity contribution >= 4 is 11.6 Å². The average Bonchev–Trinajstić information content (AvgIpc) is 2.44. The van der Waals surface area contributed by atoms with Gasteiger partial charge in [-0.25, -0.2) is 15.0 Å². The van der Waals surface area contributed by atoms with Crippen molar-refractivity contribution in [2.45, 2.75) is 32.7 Å². The molecule has 2 rings (SSSR count). The van der Waals surface area contributed by atoms with Gasteiger partial charge in [0.15, 0.2) is 0 Å². The predicted octanol–water partition coefficient (Wildman–Crippen LogP) is 2.37. The number of nitrogens with two attached hydrogens (primary N) is 1. The third kappa shape index (κ3) is 4.05. The number of nitrogens with zero attached hydrogens (tertiary/aromatic N) is 3. The van der Waals surface area contributed by atoms with E-state index in [0.29, 0.717) is 24.1 Å². The lowest BCUT2D eigenvalue weighted by molar-refractivity contribution is 0.397. The van der Waals surface area contributed by atoms with Gasteiger partial charge in [-0.1, -0.05) is 26.8 Å². The lowest BCUT2D eigenvalue weighted by Crippen LogP contribution is -2.18. The number of methoxy groups -OCH3 is 1. The topological polar surface area (TPSA) is 86.0 Å². The van der Waals surface area contributed by atoms with Crippen LogP contribution in [0.3, 0.4) is 0 Å². The molecule has 0 atom stereocenters. The number of rotatable bonds is 4. The van der Waals surface area contributed by atoms with Gasteiger partial charge in [0.2, 0.25) is 5.88 Å². The quantitative estimate of drug-likeness (QED) is 0.898. The molecule has 2 heterocycles. The highest BCUT2D eigenvalue weighted by atomic mass is 16.5. The summed E-state index contributed by atoms with van der Waals surface area (Å²) in [5.41, 5.74) is 6.73. The van der Waals surface area contributed by atoms with Crippen molar-refractivity contribution in [2.24, 2.45) is 0 Å². The fraction of sp³-hybridized carbons (Fsp3) is 0.400. The number of anilines is 2. The van der Waals surface area contributed by atoms with Crippen LogP contribution in [0, 0.1) is 0 Å². The van der Waals surface area contributed by atoms with Gasteiger partial charge >= 0.3 is 0 Å². The molecule has 0 bridgehead atoms. The highest BCUT2D eigenvalue weighted by Crippen LogP contribution is 2.21. The molecule has 0 aliphatic heterocycles. The van der Waals surface area contributed by atoms with E-state index in [2.05, 4.69) is 41.0 Å². The van der Waals surface area contributed by atoms with E-state index in [1.807, 2.05) is 12.1 Å². The molecule has 2 aromatic heterocycles. The molecular weight excluding hydrogens is 266 g/mol. The Bertz CT molecular complexity index is 604. The molecule has 21 heavy (non-hydrogen) atoms. The molecule has 0 radical (unpaired) electrons. The molecule has 0 aromatic carbocycles. The van der Waals surface area contributed by atoms with Gasteiger partial charge in [0.05, 0.1) is 7.11 Å². The van der Waals surface area contributed by atoms with Crippen LogP contribution in [-0.4, -0.2) is 22.1 Å². The summed E-state index contributed by atoms with van der Waals surface area (Å²) in [6.45, 7) is 6.77. The largest absolute Gasteiger partial charge is 0.481 e. The van der Waals surface area contributed by atoms with Crippen LogP contribution in [0.25, 0.3) is 0 Å². The van der Waals surface area contributed by atoms with Gasteiger partial charge < -0.3 is 15.8 Å². The molecule has 2 aromatic rings. The van der Waals surface area contributed by atoms with Crippen LogP contribution in [0.2, 0.25) is 0 Å². The number of ether oxygens (including phenoxy) is 1. The summed E-state index contributed by atoms with van der Waals surface area (Å²) >= 11 is 0. The maximum atomic E-state index is 5.84. The Labute approximate surface area is 124 Å². The van der Waals surface area contributed by atoms with Gasteiger partial charge in [0.1, 0.15) is 17.5 Å². The lowest BCUT2D eigenvalue weighted by atomic mass is 9.96. The van der Waals surface area contributed by atoms with E-state index in [1.54, 1.807) is 19.4 Å². The second-order valence-corrected chi connectivity index (χ2v) is 5.81. The molecule has 112 valence electrons. The summed E-state index contributed by atoms with van der Waals surface area (Å²) in [6, 6.07) is 5.51. The Kier molecular flexibility index (Phi) is 4.26. The van der Waals surface area contributed by atoms with E-state index in [4.69, 9.17) is 10.5 Å². The SMILES string of the molecule is COc1ccc(CNc2cc(N)nc(C(C)(C)C)n2)cn1. The molecule has 0 saturated heterocycles. The zero-order valence-corrected chi connectivity index (χ0v) is 12.8. The highest BCUT2D eigenvalue weighted by molar-refractivity contribution is 5.45. The molecule has 6 heteroatoms. The van der Waals surface area contributed by atoms with Crippen molar-refractivity contribution in [3.8, 4) is 5.88 Å². The van der Waals surface area contributed by atoms with Gasteiger partial charge in [-0.3, -0.25) is 0 Å². The minimum Gasteiger partial charge on any atom is -0.481 e. The molecule has 0 unspecified atom stereocenters. The van der Waals surface area contributed by atoms with E-state index in [-0.39, 0.29) is 5.41 Å². The lowest BCUT2D eigenvalue weighted by Gasteiger charge is -2.18. The first-order valence-electron chi connectivity index (χ1n) is 6.76. The van der Waals surface area contributed by atoms with Crippen LogP contribution in [0.15, 0.2) is 24.4 Å². The second-order valence-electron chi connectivity index (χ2n) is 5.81. The molecule has 0 aliphatic carbocycles. The first-order valence-corrected chi connectivity index (χ1v) is 6.76. The van der Waals surface area contributed by atoms with E-state index in [0.717, 1.165) is 11.4 Å². The summed E-state index contributed by atoms with van der Waals surface area (Å²) < 4.78 is 5.03. The van der Waals surface area contributed by atoms with Crippen molar-refractivity contribution in [1.29, 1.82) is 0 Å². The minimum absolute atomic E-state index is 0.145. The number of hydrogen-bond donors (Lipinski definition) is 2. The van der Waals surface area contributed by atoms with E-state index in [1.165, 1.54) is 0 Å². The predicted molar refractivity (Wildman–Crippen MR) is 83.3 cm³/mol. The van der Waals surface area contributed by atoms with Gasteiger partial charge in [0, 0.05) is 30.3 Å². The average molecular weight is 287 g/mol. The van der Waals surface area contributed by atoms with Gasteiger partial charge in [0.25, 0.3) is 0 Å². The molecule has 0 fully saturated rings. The van der Waals surface area contributed by atoms with Crippen molar-refractivity contribution in [3.05, 3.63) is 35.8 Å².